The first-order valence-corrected chi connectivity index (χ1v) is 3.62. The van der Waals surface area contributed by atoms with Gasteiger partial charge in [-0.1, -0.05) is 0 Å². The Hall–Kier alpha value is -0.120. The van der Waals surface area contributed by atoms with E-state index in [4.69, 9.17) is 4.74 Å². The van der Waals surface area contributed by atoms with Crippen molar-refractivity contribution in [1.29, 1.82) is 0 Å². The Kier molecular flexibility index (Phi) is 4.60. The number of morpholine rings is 1. The van der Waals surface area contributed by atoms with Gasteiger partial charge in [-0.3, -0.25) is 4.90 Å². The minimum Gasteiger partial charge on any atom is -0.379 e. The molecular weight excluding hydrogens is 128 g/mol. The molecule has 0 aromatic carbocycles. The van der Waals surface area contributed by atoms with E-state index in [1.54, 1.807) is 0 Å². The van der Waals surface area contributed by atoms with Crippen LogP contribution in [-0.2, 0) is 4.74 Å². The van der Waals surface area contributed by atoms with Gasteiger partial charge in [0.05, 0.1) is 13.2 Å². The van der Waals surface area contributed by atoms with E-state index >= 15 is 0 Å². The Morgan fingerprint density at radius 2 is 1.70 bits per heavy atom. The van der Waals surface area contributed by atoms with E-state index in [2.05, 4.69) is 18.7 Å². The van der Waals surface area contributed by atoms with Crippen LogP contribution in [0.25, 0.3) is 0 Å². The summed E-state index contributed by atoms with van der Waals surface area (Å²) in [5.41, 5.74) is 0. The first-order chi connectivity index (χ1) is 4.30. The van der Waals surface area contributed by atoms with Crippen molar-refractivity contribution in [2.24, 2.45) is 0 Å². The van der Waals surface area contributed by atoms with E-state index in [0.29, 0.717) is 6.04 Å². The number of rotatable bonds is 1. The molecule has 0 aliphatic carbocycles. The van der Waals surface area contributed by atoms with Gasteiger partial charge in [-0.2, -0.15) is 0 Å². The van der Waals surface area contributed by atoms with Crippen molar-refractivity contribution in [1.82, 2.24) is 11.1 Å². The van der Waals surface area contributed by atoms with Gasteiger partial charge in [0.1, 0.15) is 0 Å². The van der Waals surface area contributed by atoms with Crippen LogP contribution in [0.15, 0.2) is 0 Å². The number of hydrogen-bond donors (Lipinski definition) is 1. The third kappa shape index (κ3) is 2.64. The van der Waals surface area contributed by atoms with Crippen LogP contribution in [0.4, 0.5) is 0 Å². The van der Waals surface area contributed by atoms with Gasteiger partial charge in [-0.25, -0.2) is 0 Å². The van der Waals surface area contributed by atoms with Gasteiger partial charge >= 0.3 is 0 Å². The second-order valence-electron chi connectivity index (χ2n) is 2.74. The zero-order chi connectivity index (χ0) is 6.69. The molecule has 3 heteroatoms. The van der Waals surface area contributed by atoms with Crippen LogP contribution in [0.2, 0.25) is 0 Å². The predicted molar refractivity (Wildman–Crippen MR) is 42.6 cm³/mol. The molecule has 1 heterocycles. The van der Waals surface area contributed by atoms with E-state index < -0.39 is 0 Å². The highest BCUT2D eigenvalue weighted by atomic mass is 16.5. The molecule has 1 aliphatic heterocycles. The molecule has 1 aliphatic rings. The molecule has 0 radical (unpaired) electrons. The Bertz CT molecular complexity index is 79.7. The Morgan fingerprint density at radius 1 is 1.20 bits per heavy atom. The van der Waals surface area contributed by atoms with Gasteiger partial charge in [0.15, 0.2) is 0 Å². The average Bonchev–Trinajstić information content (AvgIpc) is 1.90. The van der Waals surface area contributed by atoms with Gasteiger partial charge in [-0.05, 0) is 13.8 Å². The number of ether oxygens (including phenoxy) is 1. The van der Waals surface area contributed by atoms with Crippen molar-refractivity contribution in [3.63, 3.8) is 0 Å². The zero-order valence-corrected chi connectivity index (χ0v) is 6.97. The number of nitrogens with zero attached hydrogens (tertiary/aromatic N) is 1. The van der Waals surface area contributed by atoms with Crippen LogP contribution in [0, 0.1) is 0 Å². The first kappa shape index (κ1) is 9.88. The highest BCUT2D eigenvalue weighted by molar-refractivity contribution is 4.64. The number of hydrogen-bond acceptors (Lipinski definition) is 3. The normalized spacial score (nSPS) is 20.7. The summed E-state index contributed by atoms with van der Waals surface area (Å²) in [6.07, 6.45) is 0. The first-order valence-electron chi connectivity index (χ1n) is 3.62. The molecule has 0 aromatic rings. The van der Waals surface area contributed by atoms with Crippen LogP contribution in [0.1, 0.15) is 13.8 Å². The molecule has 62 valence electrons. The van der Waals surface area contributed by atoms with Crippen LogP contribution >= 0.6 is 0 Å². The van der Waals surface area contributed by atoms with Gasteiger partial charge in [0.2, 0.25) is 0 Å². The summed E-state index contributed by atoms with van der Waals surface area (Å²) in [4.78, 5) is 2.43. The SMILES string of the molecule is CC(C)N1CCOCC1.N. The minimum absolute atomic E-state index is 0. The summed E-state index contributed by atoms with van der Waals surface area (Å²) in [7, 11) is 0. The zero-order valence-electron chi connectivity index (χ0n) is 6.97. The molecule has 0 atom stereocenters. The lowest BCUT2D eigenvalue weighted by atomic mass is 10.3. The maximum atomic E-state index is 5.21. The smallest absolute Gasteiger partial charge is 0.0594 e. The third-order valence-electron chi connectivity index (χ3n) is 1.78. The topological polar surface area (TPSA) is 47.5 Å². The summed E-state index contributed by atoms with van der Waals surface area (Å²) in [6, 6.07) is 0.689. The van der Waals surface area contributed by atoms with E-state index in [0.717, 1.165) is 26.3 Å². The predicted octanol–water partition coefficient (Wildman–Crippen LogP) is 0.889. The van der Waals surface area contributed by atoms with E-state index in [1.807, 2.05) is 0 Å². The van der Waals surface area contributed by atoms with Crippen LogP contribution in [0.5, 0.6) is 0 Å². The molecule has 1 rings (SSSR count). The summed E-state index contributed by atoms with van der Waals surface area (Å²) in [6.45, 7) is 8.50. The summed E-state index contributed by atoms with van der Waals surface area (Å²) in [5.74, 6) is 0. The molecule has 0 saturated carbocycles. The Balaban J connectivity index is 0.000000810. The molecular formula is C7H18N2O. The lowest BCUT2D eigenvalue weighted by Gasteiger charge is -2.29. The largest absolute Gasteiger partial charge is 0.379 e. The van der Waals surface area contributed by atoms with Gasteiger partial charge in [0.25, 0.3) is 0 Å². The van der Waals surface area contributed by atoms with Gasteiger partial charge in [0, 0.05) is 19.1 Å². The van der Waals surface area contributed by atoms with Crippen LogP contribution < -0.4 is 6.15 Å². The van der Waals surface area contributed by atoms with E-state index in [-0.39, 0.29) is 6.15 Å². The highest BCUT2D eigenvalue weighted by Gasteiger charge is 2.11. The summed E-state index contributed by atoms with van der Waals surface area (Å²) in [5, 5.41) is 0. The van der Waals surface area contributed by atoms with Gasteiger partial charge < -0.3 is 10.9 Å². The molecule has 0 amide bonds. The van der Waals surface area contributed by atoms with Crippen molar-refractivity contribution in [3.8, 4) is 0 Å². The molecule has 3 N–H and O–H groups in total. The van der Waals surface area contributed by atoms with E-state index in [1.165, 1.54) is 0 Å². The van der Waals surface area contributed by atoms with Gasteiger partial charge in [-0.15, -0.1) is 0 Å². The quantitative estimate of drug-likeness (QED) is 0.597. The van der Waals surface area contributed by atoms with Crippen molar-refractivity contribution >= 4 is 0 Å². The highest BCUT2D eigenvalue weighted by Crippen LogP contribution is 2.01. The lowest BCUT2D eigenvalue weighted by molar-refractivity contribution is 0.0238. The van der Waals surface area contributed by atoms with Crippen molar-refractivity contribution in [3.05, 3.63) is 0 Å². The summed E-state index contributed by atoms with van der Waals surface area (Å²) >= 11 is 0. The fourth-order valence-corrected chi connectivity index (χ4v) is 1.09. The Morgan fingerprint density at radius 3 is 2.00 bits per heavy atom. The van der Waals surface area contributed by atoms with Crippen molar-refractivity contribution in [2.75, 3.05) is 26.3 Å². The van der Waals surface area contributed by atoms with Crippen LogP contribution in [0.3, 0.4) is 0 Å². The maximum absolute atomic E-state index is 5.21. The van der Waals surface area contributed by atoms with E-state index in [9.17, 15) is 0 Å². The third-order valence-corrected chi connectivity index (χ3v) is 1.78. The summed E-state index contributed by atoms with van der Waals surface area (Å²) < 4.78 is 5.21. The average molecular weight is 146 g/mol. The second-order valence-corrected chi connectivity index (χ2v) is 2.74. The Labute approximate surface area is 62.9 Å². The molecule has 0 aromatic heterocycles. The second kappa shape index (κ2) is 4.66. The minimum atomic E-state index is 0. The lowest BCUT2D eigenvalue weighted by Crippen LogP contribution is -2.40. The molecule has 0 bridgehead atoms. The fraction of sp³-hybridized carbons (Fsp3) is 1.00. The molecule has 1 fully saturated rings. The van der Waals surface area contributed by atoms with Crippen molar-refractivity contribution in [2.45, 2.75) is 19.9 Å². The monoisotopic (exact) mass is 146 g/mol. The fourth-order valence-electron chi connectivity index (χ4n) is 1.09. The molecule has 10 heavy (non-hydrogen) atoms. The molecule has 0 unspecified atom stereocenters. The van der Waals surface area contributed by atoms with Crippen molar-refractivity contribution < 1.29 is 4.74 Å². The molecule has 1 saturated heterocycles. The maximum Gasteiger partial charge on any atom is 0.0594 e. The standard InChI is InChI=1S/C7H15NO.H3N/c1-7(2)8-3-5-9-6-4-8;/h7H,3-6H2,1-2H3;1H3. The molecule has 0 spiro atoms. The molecule has 3 nitrogen and oxygen atoms in total. The van der Waals surface area contributed by atoms with Crippen LogP contribution in [-0.4, -0.2) is 37.2 Å².